The number of amides is 1. The summed E-state index contributed by atoms with van der Waals surface area (Å²) in [5.41, 5.74) is 7.77. The molecule has 0 saturated carbocycles. The zero-order valence-corrected chi connectivity index (χ0v) is 10.1. The van der Waals surface area contributed by atoms with Crippen LogP contribution in [0, 0.1) is 0 Å². The fourth-order valence-electron chi connectivity index (χ4n) is 1.93. The number of anilines is 1. The van der Waals surface area contributed by atoms with E-state index in [4.69, 9.17) is 5.73 Å². The van der Waals surface area contributed by atoms with Crippen molar-refractivity contribution in [3.8, 4) is 0 Å². The summed E-state index contributed by atoms with van der Waals surface area (Å²) in [6.07, 6.45) is 3.36. The van der Waals surface area contributed by atoms with Crippen LogP contribution in [0.25, 0.3) is 10.9 Å². The average molecular weight is 255 g/mol. The molecule has 5 N–H and O–H groups in total. The number of imidazole rings is 1. The van der Waals surface area contributed by atoms with Gasteiger partial charge in [-0.1, -0.05) is 0 Å². The number of hydrogen-bond donors (Lipinski definition) is 4. The maximum absolute atomic E-state index is 12.0. The van der Waals surface area contributed by atoms with Crippen molar-refractivity contribution in [2.24, 2.45) is 0 Å². The third-order valence-corrected chi connectivity index (χ3v) is 2.86. The first-order chi connectivity index (χ1) is 9.22. The fraction of sp³-hybridized carbons (Fsp3) is 0.0769. The number of benzene rings is 1. The Morgan fingerprint density at radius 2 is 2.26 bits per heavy atom. The molecular formula is C13H13N5O. The number of carbonyl (C=O) groups excluding carboxylic acids is 1. The van der Waals surface area contributed by atoms with E-state index >= 15 is 0 Å². The van der Waals surface area contributed by atoms with E-state index in [1.165, 1.54) is 0 Å². The third kappa shape index (κ3) is 2.28. The van der Waals surface area contributed by atoms with Crippen LogP contribution in [0.1, 0.15) is 16.3 Å². The minimum atomic E-state index is -0.175. The number of nitrogens with two attached hydrogens (primary N) is 1. The van der Waals surface area contributed by atoms with E-state index in [-0.39, 0.29) is 5.91 Å². The van der Waals surface area contributed by atoms with Crippen molar-refractivity contribution < 1.29 is 4.79 Å². The Hall–Kier alpha value is -2.76. The van der Waals surface area contributed by atoms with Crippen molar-refractivity contribution in [2.75, 3.05) is 5.73 Å². The van der Waals surface area contributed by atoms with Crippen LogP contribution in [0.4, 0.5) is 5.69 Å². The number of aromatic amines is 2. The summed E-state index contributed by atoms with van der Waals surface area (Å²) in [4.78, 5) is 22.0. The molecule has 2 aromatic heterocycles. The van der Waals surface area contributed by atoms with Gasteiger partial charge in [0.25, 0.3) is 5.91 Å². The number of H-pyrrole nitrogens is 2. The van der Waals surface area contributed by atoms with Crippen molar-refractivity contribution in [3.63, 3.8) is 0 Å². The van der Waals surface area contributed by atoms with Crippen LogP contribution in [0.2, 0.25) is 0 Å². The molecule has 0 unspecified atom stereocenters. The second kappa shape index (κ2) is 4.49. The van der Waals surface area contributed by atoms with E-state index in [1.807, 2.05) is 12.1 Å². The highest BCUT2D eigenvalue weighted by atomic mass is 16.1. The first-order valence-corrected chi connectivity index (χ1v) is 5.87. The summed E-state index contributed by atoms with van der Waals surface area (Å²) >= 11 is 0. The predicted molar refractivity (Wildman–Crippen MR) is 72.5 cm³/mol. The highest BCUT2D eigenvalue weighted by molar-refractivity contribution is 5.98. The lowest BCUT2D eigenvalue weighted by Crippen LogP contribution is -2.23. The van der Waals surface area contributed by atoms with Gasteiger partial charge in [0.2, 0.25) is 0 Å². The van der Waals surface area contributed by atoms with E-state index in [2.05, 4.69) is 20.3 Å². The first-order valence-electron chi connectivity index (χ1n) is 5.87. The summed E-state index contributed by atoms with van der Waals surface area (Å²) in [6.45, 7) is 0.364. The number of hydrogen-bond acceptors (Lipinski definition) is 3. The van der Waals surface area contributed by atoms with Gasteiger partial charge in [-0.2, -0.15) is 0 Å². The van der Waals surface area contributed by atoms with Gasteiger partial charge in [-0.25, -0.2) is 4.98 Å². The first kappa shape index (κ1) is 11.3. The molecule has 19 heavy (non-hydrogen) atoms. The standard InChI is InChI=1S/C13H13N5O/c14-9-1-2-10-8(5-9)6-11(18-10)13(19)17-7-12-15-3-4-16-12/h1-6,18H,7,14H2,(H,15,16)(H,17,19). The molecule has 2 heterocycles. The number of nitrogens with zero attached hydrogens (tertiary/aromatic N) is 1. The van der Waals surface area contributed by atoms with Gasteiger partial charge in [-0.3, -0.25) is 4.79 Å². The Bertz CT molecular complexity index is 714. The van der Waals surface area contributed by atoms with E-state index in [0.29, 0.717) is 23.8 Å². The molecule has 3 aromatic rings. The molecule has 0 spiro atoms. The molecule has 0 aliphatic carbocycles. The molecule has 0 fully saturated rings. The molecule has 6 heteroatoms. The van der Waals surface area contributed by atoms with Crippen molar-refractivity contribution >= 4 is 22.5 Å². The number of carbonyl (C=O) groups is 1. The van der Waals surface area contributed by atoms with Crippen LogP contribution >= 0.6 is 0 Å². The SMILES string of the molecule is Nc1ccc2[nH]c(C(=O)NCc3ncc[nH]3)cc2c1. The molecule has 96 valence electrons. The molecular weight excluding hydrogens is 242 g/mol. The Morgan fingerprint density at radius 1 is 1.37 bits per heavy atom. The summed E-state index contributed by atoms with van der Waals surface area (Å²) in [5, 5.41) is 3.70. The maximum Gasteiger partial charge on any atom is 0.268 e. The minimum Gasteiger partial charge on any atom is -0.399 e. The minimum absolute atomic E-state index is 0.175. The summed E-state index contributed by atoms with van der Waals surface area (Å²) < 4.78 is 0. The molecule has 1 amide bonds. The third-order valence-electron chi connectivity index (χ3n) is 2.86. The van der Waals surface area contributed by atoms with E-state index in [1.54, 1.807) is 24.5 Å². The zero-order chi connectivity index (χ0) is 13.2. The van der Waals surface area contributed by atoms with Crippen LogP contribution in [0.15, 0.2) is 36.7 Å². The fourth-order valence-corrected chi connectivity index (χ4v) is 1.93. The van der Waals surface area contributed by atoms with Crippen LogP contribution in [-0.4, -0.2) is 20.9 Å². The maximum atomic E-state index is 12.0. The topological polar surface area (TPSA) is 99.6 Å². The smallest absolute Gasteiger partial charge is 0.268 e. The Labute approximate surface area is 109 Å². The molecule has 0 aliphatic rings. The Balaban J connectivity index is 1.77. The van der Waals surface area contributed by atoms with Gasteiger partial charge in [0.05, 0.1) is 6.54 Å². The average Bonchev–Trinajstić information content (AvgIpc) is 3.04. The summed E-state index contributed by atoms with van der Waals surface area (Å²) in [5.74, 6) is 0.542. The highest BCUT2D eigenvalue weighted by Crippen LogP contribution is 2.18. The second-order valence-corrected chi connectivity index (χ2v) is 4.25. The molecule has 6 nitrogen and oxygen atoms in total. The highest BCUT2D eigenvalue weighted by Gasteiger charge is 2.09. The van der Waals surface area contributed by atoms with E-state index in [9.17, 15) is 4.79 Å². The molecule has 0 atom stereocenters. The second-order valence-electron chi connectivity index (χ2n) is 4.25. The van der Waals surface area contributed by atoms with Crippen LogP contribution in [-0.2, 0) is 6.54 Å². The van der Waals surface area contributed by atoms with Crippen molar-refractivity contribution in [2.45, 2.75) is 6.54 Å². The van der Waals surface area contributed by atoms with Gasteiger partial charge in [-0.05, 0) is 24.3 Å². The van der Waals surface area contributed by atoms with Gasteiger partial charge in [0.15, 0.2) is 0 Å². The number of nitrogen functional groups attached to an aromatic ring is 1. The lowest BCUT2D eigenvalue weighted by atomic mass is 10.2. The number of fused-ring (bicyclic) bond motifs is 1. The van der Waals surface area contributed by atoms with Crippen LogP contribution < -0.4 is 11.1 Å². The van der Waals surface area contributed by atoms with E-state index in [0.717, 1.165) is 10.9 Å². The quantitative estimate of drug-likeness (QED) is 0.532. The van der Waals surface area contributed by atoms with Crippen molar-refractivity contribution in [3.05, 3.63) is 48.2 Å². The van der Waals surface area contributed by atoms with Gasteiger partial charge in [0, 0.05) is 29.0 Å². The molecule has 0 aliphatic heterocycles. The van der Waals surface area contributed by atoms with E-state index < -0.39 is 0 Å². The molecule has 0 bridgehead atoms. The van der Waals surface area contributed by atoms with Gasteiger partial charge in [0.1, 0.15) is 11.5 Å². The number of nitrogens with one attached hydrogen (secondary N) is 3. The monoisotopic (exact) mass is 255 g/mol. The number of aromatic nitrogens is 3. The number of rotatable bonds is 3. The van der Waals surface area contributed by atoms with Gasteiger partial charge in [-0.15, -0.1) is 0 Å². The van der Waals surface area contributed by atoms with Crippen molar-refractivity contribution in [1.29, 1.82) is 0 Å². The van der Waals surface area contributed by atoms with Crippen molar-refractivity contribution in [1.82, 2.24) is 20.3 Å². The lowest BCUT2D eigenvalue weighted by molar-refractivity contribution is 0.0946. The normalized spacial score (nSPS) is 10.7. The van der Waals surface area contributed by atoms with Crippen LogP contribution in [0.3, 0.4) is 0 Å². The Kier molecular flexibility index (Phi) is 2.68. The lowest BCUT2D eigenvalue weighted by Gasteiger charge is -2.00. The molecule has 3 rings (SSSR count). The van der Waals surface area contributed by atoms with Crippen LogP contribution in [0.5, 0.6) is 0 Å². The largest absolute Gasteiger partial charge is 0.399 e. The van der Waals surface area contributed by atoms with Gasteiger partial charge < -0.3 is 21.0 Å². The van der Waals surface area contributed by atoms with Gasteiger partial charge >= 0.3 is 0 Å². The molecule has 0 saturated heterocycles. The zero-order valence-electron chi connectivity index (χ0n) is 10.1. The summed E-state index contributed by atoms with van der Waals surface area (Å²) in [6, 6.07) is 7.26. The Morgan fingerprint density at radius 3 is 3.05 bits per heavy atom. The predicted octanol–water partition coefficient (Wildman–Crippen LogP) is 1.40. The molecule has 0 radical (unpaired) electrons. The molecule has 1 aromatic carbocycles. The summed E-state index contributed by atoms with van der Waals surface area (Å²) in [7, 11) is 0.